The first kappa shape index (κ1) is 12.1. The molecule has 0 spiro atoms. The van der Waals surface area contributed by atoms with Crippen molar-refractivity contribution in [2.75, 3.05) is 13.6 Å². The fourth-order valence-corrected chi connectivity index (χ4v) is 2.54. The van der Waals surface area contributed by atoms with E-state index in [9.17, 15) is 4.39 Å². The van der Waals surface area contributed by atoms with Gasteiger partial charge in [0.2, 0.25) is 0 Å². The number of nitrogens with one attached hydrogen (secondary N) is 1. The van der Waals surface area contributed by atoms with Gasteiger partial charge in [-0.2, -0.15) is 0 Å². The fraction of sp³-hybridized carbons (Fsp3) is 0.267. The Kier molecular flexibility index (Phi) is 3.17. The number of para-hydroxylation sites is 1. The second-order valence-corrected chi connectivity index (χ2v) is 4.70. The summed E-state index contributed by atoms with van der Waals surface area (Å²) in [6.07, 6.45) is 3.44. The minimum Gasteiger partial charge on any atom is -0.455 e. The molecule has 1 aromatic carbocycles. The van der Waals surface area contributed by atoms with Crippen LogP contribution in [0, 0.1) is 5.82 Å². The largest absolute Gasteiger partial charge is 0.455 e. The molecule has 2 heterocycles. The Bertz CT molecular complexity index is 600. The van der Waals surface area contributed by atoms with Gasteiger partial charge in [0, 0.05) is 18.0 Å². The number of halogens is 1. The van der Waals surface area contributed by atoms with Crippen molar-refractivity contribution in [1.82, 2.24) is 10.3 Å². The number of nitrogens with zero attached hydrogens (tertiary/aromatic N) is 1. The second kappa shape index (κ2) is 4.97. The van der Waals surface area contributed by atoms with Crippen LogP contribution in [0.2, 0.25) is 0 Å². The van der Waals surface area contributed by atoms with Crippen LogP contribution in [-0.2, 0) is 6.42 Å². The van der Waals surface area contributed by atoms with Gasteiger partial charge in [-0.3, -0.25) is 4.98 Å². The molecule has 0 bridgehead atoms. The first-order valence-electron chi connectivity index (χ1n) is 6.33. The molecule has 0 saturated heterocycles. The van der Waals surface area contributed by atoms with Crippen molar-refractivity contribution in [2.45, 2.75) is 12.3 Å². The van der Waals surface area contributed by atoms with Gasteiger partial charge >= 0.3 is 0 Å². The molecule has 3 rings (SSSR count). The molecule has 0 amide bonds. The Morgan fingerprint density at radius 1 is 1.32 bits per heavy atom. The Morgan fingerprint density at radius 2 is 2.16 bits per heavy atom. The number of hydrogen-bond acceptors (Lipinski definition) is 3. The van der Waals surface area contributed by atoms with E-state index < -0.39 is 0 Å². The molecule has 1 aliphatic heterocycles. The standard InChI is InChI=1S/C15H15FN2O/c1-17-7-10-6-12-13(16)8-18-9-15(12)19-14-5-3-2-4-11(10)14/h2-5,8-10,17H,6-7H2,1H3/t10-/m1/s1. The molecule has 1 aliphatic rings. The van der Waals surface area contributed by atoms with Crippen LogP contribution in [-0.4, -0.2) is 18.6 Å². The maximum absolute atomic E-state index is 13.9. The quantitative estimate of drug-likeness (QED) is 0.899. The van der Waals surface area contributed by atoms with Gasteiger partial charge in [0.05, 0.1) is 12.4 Å². The average Bonchev–Trinajstić information content (AvgIpc) is 2.57. The highest BCUT2D eigenvalue weighted by Crippen LogP contribution is 2.39. The normalized spacial score (nSPS) is 17.1. The zero-order valence-electron chi connectivity index (χ0n) is 10.7. The zero-order valence-corrected chi connectivity index (χ0v) is 10.7. The van der Waals surface area contributed by atoms with Gasteiger partial charge in [-0.1, -0.05) is 18.2 Å². The van der Waals surface area contributed by atoms with Gasteiger partial charge < -0.3 is 10.1 Å². The summed E-state index contributed by atoms with van der Waals surface area (Å²) in [5.74, 6) is 1.20. The lowest BCUT2D eigenvalue weighted by Gasteiger charge is -2.15. The van der Waals surface area contributed by atoms with Crippen molar-refractivity contribution in [3.8, 4) is 11.5 Å². The van der Waals surface area contributed by atoms with Gasteiger partial charge in [-0.15, -0.1) is 0 Å². The van der Waals surface area contributed by atoms with E-state index in [4.69, 9.17) is 4.74 Å². The van der Waals surface area contributed by atoms with Gasteiger partial charge in [0.25, 0.3) is 0 Å². The Morgan fingerprint density at radius 3 is 3.00 bits per heavy atom. The van der Waals surface area contributed by atoms with Crippen LogP contribution in [0.3, 0.4) is 0 Å². The number of fused-ring (bicyclic) bond motifs is 2. The van der Waals surface area contributed by atoms with Crippen LogP contribution in [0.4, 0.5) is 4.39 Å². The third kappa shape index (κ3) is 2.19. The molecule has 98 valence electrons. The van der Waals surface area contributed by atoms with Crippen molar-refractivity contribution >= 4 is 0 Å². The highest BCUT2D eigenvalue weighted by Gasteiger charge is 2.25. The van der Waals surface area contributed by atoms with E-state index >= 15 is 0 Å². The summed E-state index contributed by atoms with van der Waals surface area (Å²) in [7, 11) is 1.90. The first-order chi connectivity index (χ1) is 9.29. The molecule has 0 fully saturated rings. The number of ether oxygens (including phenoxy) is 1. The minimum absolute atomic E-state index is 0.194. The van der Waals surface area contributed by atoms with E-state index in [0.29, 0.717) is 17.7 Å². The van der Waals surface area contributed by atoms with Crippen molar-refractivity contribution in [3.05, 3.63) is 53.6 Å². The predicted molar refractivity (Wildman–Crippen MR) is 71.1 cm³/mol. The maximum Gasteiger partial charge on any atom is 0.151 e. The monoisotopic (exact) mass is 258 g/mol. The summed E-state index contributed by atoms with van der Waals surface area (Å²) in [5, 5.41) is 3.16. The summed E-state index contributed by atoms with van der Waals surface area (Å²) in [6, 6.07) is 7.86. The Hall–Kier alpha value is -1.94. The Balaban J connectivity index is 2.12. The maximum atomic E-state index is 13.9. The van der Waals surface area contributed by atoms with Crippen LogP contribution < -0.4 is 10.1 Å². The zero-order chi connectivity index (χ0) is 13.2. The number of likely N-dealkylation sites (N-methyl/N-ethyl adjacent to an activating group) is 1. The van der Waals surface area contributed by atoms with E-state index in [1.807, 2.05) is 31.3 Å². The van der Waals surface area contributed by atoms with Gasteiger partial charge in [0.15, 0.2) is 5.75 Å². The average molecular weight is 258 g/mol. The van der Waals surface area contributed by atoms with E-state index in [0.717, 1.165) is 17.9 Å². The van der Waals surface area contributed by atoms with Crippen LogP contribution in [0.15, 0.2) is 36.7 Å². The first-order valence-corrected chi connectivity index (χ1v) is 6.33. The molecule has 0 aliphatic carbocycles. The van der Waals surface area contributed by atoms with Crippen LogP contribution in [0.1, 0.15) is 17.0 Å². The van der Waals surface area contributed by atoms with Crippen LogP contribution in [0.25, 0.3) is 0 Å². The number of pyridine rings is 1. The molecule has 1 atom stereocenters. The lowest BCUT2D eigenvalue weighted by molar-refractivity contribution is 0.468. The molecular weight excluding hydrogens is 243 g/mol. The van der Waals surface area contributed by atoms with Crippen LogP contribution in [0.5, 0.6) is 11.5 Å². The second-order valence-electron chi connectivity index (χ2n) is 4.70. The third-order valence-corrected chi connectivity index (χ3v) is 3.45. The van der Waals surface area contributed by atoms with Crippen molar-refractivity contribution < 1.29 is 9.13 Å². The molecule has 1 N–H and O–H groups in total. The fourth-order valence-electron chi connectivity index (χ4n) is 2.54. The van der Waals surface area contributed by atoms with E-state index in [-0.39, 0.29) is 11.7 Å². The smallest absolute Gasteiger partial charge is 0.151 e. The van der Waals surface area contributed by atoms with Crippen molar-refractivity contribution in [3.63, 3.8) is 0 Å². The number of rotatable bonds is 2. The summed E-state index contributed by atoms with van der Waals surface area (Å²) < 4.78 is 19.8. The molecule has 0 saturated carbocycles. The highest BCUT2D eigenvalue weighted by atomic mass is 19.1. The molecule has 4 heteroatoms. The third-order valence-electron chi connectivity index (χ3n) is 3.45. The molecular formula is C15H15FN2O. The summed E-state index contributed by atoms with van der Waals surface area (Å²) in [4.78, 5) is 3.87. The lowest BCUT2D eigenvalue weighted by Crippen LogP contribution is -2.19. The van der Waals surface area contributed by atoms with Gasteiger partial charge in [-0.05, 0) is 25.1 Å². The topological polar surface area (TPSA) is 34.2 Å². The minimum atomic E-state index is -0.300. The van der Waals surface area contributed by atoms with E-state index in [1.165, 1.54) is 6.20 Å². The summed E-state index contributed by atoms with van der Waals surface area (Å²) >= 11 is 0. The Labute approximate surface area is 111 Å². The lowest BCUT2D eigenvalue weighted by atomic mass is 9.92. The molecule has 0 unspecified atom stereocenters. The van der Waals surface area contributed by atoms with Crippen LogP contribution >= 0.6 is 0 Å². The van der Waals surface area contributed by atoms with E-state index in [2.05, 4.69) is 10.3 Å². The number of hydrogen-bond donors (Lipinski definition) is 1. The summed E-state index contributed by atoms with van der Waals surface area (Å²) in [5.41, 5.74) is 1.71. The van der Waals surface area contributed by atoms with Crippen molar-refractivity contribution in [1.29, 1.82) is 0 Å². The van der Waals surface area contributed by atoms with Gasteiger partial charge in [0.1, 0.15) is 11.6 Å². The predicted octanol–water partition coefficient (Wildman–Crippen LogP) is 2.87. The molecule has 2 aromatic rings. The number of benzene rings is 1. The highest BCUT2D eigenvalue weighted by molar-refractivity contribution is 5.46. The molecule has 1 aromatic heterocycles. The van der Waals surface area contributed by atoms with Gasteiger partial charge in [-0.25, -0.2) is 4.39 Å². The molecule has 19 heavy (non-hydrogen) atoms. The number of aromatic nitrogens is 1. The van der Waals surface area contributed by atoms with E-state index in [1.54, 1.807) is 6.20 Å². The van der Waals surface area contributed by atoms with Crippen molar-refractivity contribution in [2.24, 2.45) is 0 Å². The SMILES string of the molecule is CNC[C@H]1Cc2c(F)cncc2Oc2ccccc21. The summed E-state index contributed by atoms with van der Waals surface area (Å²) in [6.45, 7) is 0.779. The molecule has 3 nitrogen and oxygen atoms in total. The molecule has 0 radical (unpaired) electrons.